The molecule has 2 nitrogen and oxygen atoms in total. The van der Waals surface area contributed by atoms with E-state index in [1.807, 2.05) is 47.5 Å². The molecule has 2 aromatic rings. The second-order valence-electron chi connectivity index (χ2n) is 4.33. The van der Waals surface area contributed by atoms with Crippen LogP contribution in [-0.4, -0.2) is 17.4 Å². The fraction of sp³-hybridized carbons (Fsp3) is 0.267. The van der Waals surface area contributed by atoms with Crippen molar-refractivity contribution in [2.24, 2.45) is 0 Å². The van der Waals surface area contributed by atoms with Crippen molar-refractivity contribution in [2.45, 2.75) is 24.8 Å². The molecule has 0 bridgehead atoms. The van der Waals surface area contributed by atoms with Crippen LogP contribution in [0.2, 0.25) is 0 Å². The zero-order chi connectivity index (χ0) is 13.7. The van der Waals surface area contributed by atoms with Gasteiger partial charge in [0.25, 0.3) is 0 Å². The average molecular weight is 291 g/mol. The third-order valence-corrected chi connectivity index (χ3v) is 4.11. The molecular formula is C15H17NOS2. The van der Waals surface area contributed by atoms with Gasteiger partial charge in [0.2, 0.25) is 5.91 Å². The van der Waals surface area contributed by atoms with Gasteiger partial charge in [-0.2, -0.15) is 0 Å². The number of thiophene rings is 1. The Balaban J connectivity index is 1.98. The van der Waals surface area contributed by atoms with E-state index in [0.29, 0.717) is 13.0 Å². The molecular weight excluding hydrogens is 274 g/mol. The van der Waals surface area contributed by atoms with Crippen molar-refractivity contribution in [1.82, 2.24) is 4.90 Å². The van der Waals surface area contributed by atoms with Gasteiger partial charge in [0.1, 0.15) is 0 Å². The summed E-state index contributed by atoms with van der Waals surface area (Å²) in [6, 6.07) is 11.8. The largest absolute Gasteiger partial charge is 0.338 e. The molecule has 1 aromatic heterocycles. The van der Waals surface area contributed by atoms with Gasteiger partial charge in [0.05, 0.1) is 13.0 Å². The number of carbonyl (C=O) groups is 1. The molecule has 0 fully saturated rings. The number of hydrogen-bond donors (Lipinski definition) is 1. The number of thiol groups is 1. The van der Waals surface area contributed by atoms with Gasteiger partial charge in [-0.15, -0.1) is 24.0 Å². The summed E-state index contributed by atoms with van der Waals surface area (Å²) >= 11 is 5.93. The average Bonchev–Trinajstić information content (AvgIpc) is 2.91. The van der Waals surface area contributed by atoms with Gasteiger partial charge in [-0.1, -0.05) is 18.2 Å². The van der Waals surface area contributed by atoms with E-state index in [4.69, 9.17) is 0 Å². The predicted octanol–water partition coefficient (Wildman–Crippen LogP) is 3.63. The maximum atomic E-state index is 12.3. The Bertz CT molecular complexity index is 520. The first-order valence-electron chi connectivity index (χ1n) is 6.27. The van der Waals surface area contributed by atoms with E-state index < -0.39 is 0 Å². The number of amides is 1. The smallest absolute Gasteiger partial charge is 0.227 e. The van der Waals surface area contributed by atoms with E-state index >= 15 is 0 Å². The second-order valence-corrected chi connectivity index (χ2v) is 5.88. The second kappa shape index (κ2) is 6.78. The molecule has 0 N–H and O–H groups in total. The van der Waals surface area contributed by atoms with E-state index in [2.05, 4.69) is 18.7 Å². The highest BCUT2D eigenvalue weighted by Crippen LogP contribution is 2.14. The third-order valence-electron chi connectivity index (χ3n) is 2.95. The Morgan fingerprint density at radius 2 is 2.00 bits per heavy atom. The van der Waals surface area contributed by atoms with Gasteiger partial charge in [-0.05, 0) is 36.1 Å². The molecule has 0 saturated heterocycles. The first-order valence-corrected chi connectivity index (χ1v) is 7.59. The van der Waals surface area contributed by atoms with Crippen molar-refractivity contribution < 1.29 is 4.79 Å². The van der Waals surface area contributed by atoms with Crippen LogP contribution in [0.1, 0.15) is 17.4 Å². The molecule has 0 aliphatic heterocycles. The number of hydrogen-bond acceptors (Lipinski definition) is 3. The molecule has 19 heavy (non-hydrogen) atoms. The van der Waals surface area contributed by atoms with Crippen LogP contribution in [0, 0.1) is 0 Å². The van der Waals surface area contributed by atoms with Crippen LogP contribution in [0.3, 0.4) is 0 Å². The van der Waals surface area contributed by atoms with Crippen LogP contribution in [0.5, 0.6) is 0 Å². The van der Waals surface area contributed by atoms with Crippen LogP contribution >= 0.6 is 24.0 Å². The van der Waals surface area contributed by atoms with Crippen LogP contribution in [0.4, 0.5) is 0 Å². The van der Waals surface area contributed by atoms with Crippen LogP contribution in [0.15, 0.2) is 46.7 Å². The van der Waals surface area contributed by atoms with Gasteiger partial charge in [-0.25, -0.2) is 0 Å². The SMILES string of the molecule is CCN(Cc1cccs1)C(=O)Cc1ccc(S)cc1. The topological polar surface area (TPSA) is 20.3 Å². The summed E-state index contributed by atoms with van der Waals surface area (Å²) < 4.78 is 0. The molecule has 0 unspecified atom stereocenters. The van der Waals surface area contributed by atoms with Crippen molar-refractivity contribution in [3.63, 3.8) is 0 Å². The fourth-order valence-electron chi connectivity index (χ4n) is 1.87. The summed E-state index contributed by atoms with van der Waals surface area (Å²) in [5, 5.41) is 2.04. The summed E-state index contributed by atoms with van der Waals surface area (Å²) in [6.07, 6.45) is 0.452. The zero-order valence-electron chi connectivity index (χ0n) is 10.9. The molecule has 0 aliphatic carbocycles. The van der Waals surface area contributed by atoms with Crippen molar-refractivity contribution in [2.75, 3.05) is 6.54 Å². The molecule has 1 amide bonds. The minimum Gasteiger partial charge on any atom is -0.338 e. The van der Waals surface area contributed by atoms with Crippen molar-refractivity contribution in [3.05, 3.63) is 52.2 Å². The Morgan fingerprint density at radius 1 is 1.26 bits per heavy atom. The molecule has 0 radical (unpaired) electrons. The van der Waals surface area contributed by atoms with Crippen molar-refractivity contribution in [1.29, 1.82) is 0 Å². The molecule has 4 heteroatoms. The molecule has 2 rings (SSSR count). The van der Waals surface area contributed by atoms with E-state index in [9.17, 15) is 4.79 Å². The van der Waals surface area contributed by atoms with Crippen LogP contribution in [-0.2, 0) is 17.8 Å². The number of nitrogens with zero attached hydrogens (tertiary/aromatic N) is 1. The molecule has 1 aromatic carbocycles. The minimum atomic E-state index is 0.169. The van der Waals surface area contributed by atoms with Crippen molar-refractivity contribution in [3.8, 4) is 0 Å². The molecule has 1 heterocycles. The molecule has 0 aliphatic rings. The lowest BCUT2D eigenvalue weighted by molar-refractivity contribution is -0.130. The maximum Gasteiger partial charge on any atom is 0.227 e. The van der Waals surface area contributed by atoms with Gasteiger partial charge in [0.15, 0.2) is 0 Å². The summed E-state index contributed by atoms with van der Waals surface area (Å²) in [5.74, 6) is 0.169. The highest BCUT2D eigenvalue weighted by molar-refractivity contribution is 7.80. The standard InChI is InChI=1S/C15H17NOS2/c1-2-16(11-14-4-3-9-19-14)15(17)10-12-5-7-13(18)8-6-12/h3-9,18H,2,10-11H2,1H3. The summed E-state index contributed by atoms with van der Waals surface area (Å²) in [7, 11) is 0. The van der Waals surface area contributed by atoms with Gasteiger partial charge in [0, 0.05) is 16.3 Å². The Kier molecular flexibility index (Phi) is 5.05. The normalized spacial score (nSPS) is 10.4. The highest BCUT2D eigenvalue weighted by Gasteiger charge is 2.13. The first kappa shape index (κ1) is 14.2. The summed E-state index contributed by atoms with van der Waals surface area (Å²) in [4.78, 5) is 16.3. The molecule has 0 atom stereocenters. The Hall–Kier alpha value is -1.26. The maximum absolute atomic E-state index is 12.3. The number of benzene rings is 1. The van der Waals surface area contributed by atoms with Gasteiger partial charge >= 0.3 is 0 Å². The summed E-state index contributed by atoms with van der Waals surface area (Å²) in [6.45, 7) is 3.46. The van der Waals surface area contributed by atoms with Gasteiger partial charge in [-0.3, -0.25) is 4.79 Å². The lowest BCUT2D eigenvalue weighted by atomic mass is 10.1. The molecule has 0 spiro atoms. The fourth-order valence-corrected chi connectivity index (χ4v) is 2.74. The first-order chi connectivity index (χ1) is 9.19. The van der Waals surface area contributed by atoms with E-state index in [0.717, 1.165) is 17.0 Å². The predicted molar refractivity (Wildman–Crippen MR) is 82.8 cm³/mol. The lowest BCUT2D eigenvalue weighted by Crippen LogP contribution is -2.31. The van der Waals surface area contributed by atoms with E-state index in [-0.39, 0.29) is 5.91 Å². The quantitative estimate of drug-likeness (QED) is 0.834. The van der Waals surface area contributed by atoms with Crippen LogP contribution < -0.4 is 0 Å². The lowest BCUT2D eigenvalue weighted by Gasteiger charge is -2.20. The number of rotatable bonds is 5. The molecule has 0 saturated carbocycles. The Labute approximate surface area is 123 Å². The monoisotopic (exact) mass is 291 g/mol. The zero-order valence-corrected chi connectivity index (χ0v) is 12.6. The minimum absolute atomic E-state index is 0.169. The van der Waals surface area contributed by atoms with Crippen LogP contribution in [0.25, 0.3) is 0 Å². The number of carbonyl (C=O) groups excluding carboxylic acids is 1. The molecule has 100 valence electrons. The third kappa shape index (κ3) is 4.11. The van der Waals surface area contributed by atoms with Crippen molar-refractivity contribution >= 4 is 29.9 Å². The highest BCUT2D eigenvalue weighted by atomic mass is 32.1. The number of likely N-dealkylation sites (N-methyl/N-ethyl adjacent to an activating group) is 1. The summed E-state index contributed by atoms with van der Waals surface area (Å²) in [5.41, 5.74) is 1.03. The van der Waals surface area contributed by atoms with E-state index in [1.54, 1.807) is 11.3 Å². The van der Waals surface area contributed by atoms with E-state index in [1.165, 1.54) is 4.88 Å². The Morgan fingerprint density at radius 3 is 2.58 bits per heavy atom. The van der Waals surface area contributed by atoms with Gasteiger partial charge < -0.3 is 4.90 Å².